The van der Waals surface area contributed by atoms with Gasteiger partial charge < -0.3 is 24.4 Å². The summed E-state index contributed by atoms with van der Waals surface area (Å²) >= 11 is 0. The number of piperidine rings is 1. The van der Waals surface area contributed by atoms with Crippen LogP contribution in [-0.2, 0) is 22.5 Å². The van der Waals surface area contributed by atoms with Crippen LogP contribution in [0.1, 0.15) is 43.0 Å². The van der Waals surface area contributed by atoms with E-state index in [2.05, 4.69) is 16.7 Å². The van der Waals surface area contributed by atoms with Crippen LogP contribution < -0.4 is 11.5 Å². The van der Waals surface area contributed by atoms with E-state index in [1.807, 2.05) is 59.5 Å². The largest absolute Gasteiger partial charge is 0.424 e. The maximum absolute atomic E-state index is 13.4. The molecule has 1 aliphatic rings. The number of hydrogen-bond acceptors (Lipinski definition) is 6. The third-order valence-electron chi connectivity index (χ3n) is 8.17. The second-order valence-electron chi connectivity index (χ2n) is 11.1. The second-order valence-corrected chi connectivity index (χ2v) is 11.1. The van der Waals surface area contributed by atoms with Crippen molar-refractivity contribution in [3.8, 4) is 5.69 Å². The minimum absolute atomic E-state index is 0.0854. The van der Waals surface area contributed by atoms with Gasteiger partial charge in [0.25, 0.3) is 0 Å². The number of carbonyl (C=O) groups excluding carboxylic acids is 1. The lowest BCUT2D eigenvalue weighted by Crippen LogP contribution is -2.42. The number of benzene rings is 3. The van der Waals surface area contributed by atoms with Crippen LogP contribution in [0.2, 0.25) is 0 Å². The molecule has 0 unspecified atom stereocenters. The number of para-hydroxylation sites is 4. The van der Waals surface area contributed by atoms with Gasteiger partial charge in [-0.05, 0) is 67.6 Å². The van der Waals surface area contributed by atoms with Crippen LogP contribution in [0.5, 0.6) is 0 Å². The first-order valence-electron chi connectivity index (χ1n) is 14.7. The summed E-state index contributed by atoms with van der Waals surface area (Å²) < 4.78 is 14.5. The fourth-order valence-electron chi connectivity index (χ4n) is 6.14. The maximum atomic E-state index is 13.4. The molecule has 9 nitrogen and oxygen atoms in total. The zero-order chi connectivity index (χ0) is 29.1. The smallest absolute Gasteiger partial charge is 0.407 e. The normalized spacial score (nSPS) is 16.3. The highest BCUT2D eigenvalue weighted by atomic mass is 16.5. The Morgan fingerprint density at radius 3 is 2.64 bits per heavy atom. The number of amides is 1. The summed E-state index contributed by atoms with van der Waals surface area (Å²) in [5, 5.41) is 0. The Labute approximate surface area is 244 Å². The Hall–Kier alpha value is -4.21. The lowest BCUT2D eigenvalue weighted by atomic mass is 9.96. The average Bonchev–Trinajstić information content (AvgIpc) is 3.55. The molecule has 9 heteroatoms. The molecule has 0 spiro atoms. The van der Waals surface area contributed by atoms with Gasteiger partial charge in [-0.1, -0.05) is 36.4 Å². The Bertz CT molecular complexity index is 1740. The summed E-state index contributed by atoms with van der Waals surface area (Å²) in [6.45, 7) is 2.93. The van der Waals surface area contributed by atoms with E-state index in [1.165, 1.54) is 0 Å². The summed E-state index contributed by atoms with van der Waals surface area (Å²) in [4.78, 5) is 32.8. The number of carbonyl (C=O) groups is 1. The number of hydrogen-bond donors (Lipinski definition) is 1. The molecule has 1 aliphatic heterocycles. The summed E-state index contributed by atoms with van der Waals surface area (Å²) in [5.41, 5.74) is 11.6. The highest BCUT2D eigenvalue weighted by Crippen LogP contribution is 2.30. The molecule has 1 saturated heterocycles. The third-order valence-corrected chi connectivity index (χ3v) is 8.17. The second kappa shape index (κ2) is 12.3. The average molecular weight is 568 g/mol. The number of aromatic nitrogens is 3. The number of ether oxygens (including phenoxy) is 1. The van der Waals surface area contributed by atoms with Crippen molar-refractivity contribution in [2.45, 2.75) is 50.6 Å². The van der Waals surface area contributed by atoms with Gasteiger partial charge in [-0.25, -0.2) is 14.3 Å². The number of nitrogens with two attached hydrogens (primary N) is 1. The molecule has 2 atom stereocenters. The van der Waals surface area contributed by atoms with Crippen molar-refractivity contribution in [3.05, 3.63) is 94.7 Å². The number of aryl methyl sites for hydroxylation is 1. The minimum atomic E-state index is -0.420. The van der Waals surface area contributed by atoms with Gasteiger partial charge in [0.2, 0.25) is 5.91 Å². The Morgan fingerprint density at radius 1 is 1.07 bits per heavy atom. The van der Waals surface area contributed by atoms with Crippen molar-refractivity contribution in [2.75, 3.05) is 26.8 Å². The number of rotatable bonds is 10. The topological polar surface area (TPSA) is 109 Å². The number of nitrogens with zero attached hydrogens (tertiary/aromatic N) is 4. The van der Waals surface area contributed by atoms with E-state index in [0.717, 1.165) is 66.0 Å². The molecule has 3 aromatic carbocycles. The Balaban J connectivity index is 1.10. The molecule has 2 aromatic heterocycles. The third kappa shape index (κ3) is 5.75. The van der Waals surface area contributed by atoms with Crippen molar-refractivity contribution in [3.63, 3.8) is 0 Å². The quantitative estimate of drug-likeness (QED) is 0.247. The van der Waals surface area contributed by atoms with Crippen molar-refractivity contribution in [1.82, 2.24) is 19.0 Å². The van der Waals surface area contributed by atoms with Crippen molar-refractivity contribution in [1.29, 1.82) is 0 Å². The van der Waals surface area contributed by atoms with Crippen LogP contribution >= 0.6 is 0 Å². The van der Waals surface area contributed by atoms with Gasteiger partial charge in [-0.3, -0.25) is 4.79 Å². The highest BCUT2D eigenvalue weighted by Gasteiger charge is 2.29. The van der Waals surface area contributed by atoms with Gasteiger partial charge >= 0.3 is 5.76 Å². The SMILES string of the molecule is COCCCn1c([C@@H]2CCCN(C(=O)C[C@H](N)Cc3ccc(-n4c(=O)oc5ccccc54)cc3)C2)nc2ccccc21. The van der Waals surface area contributed by atoms with E-state index >= 15 is 0 Å². The standard InChI is InChI=1S/C33H37N5O4/c1-41-19-7-18-37-28-10-3-2-9-27(28)35-32(37)24-8-6-17-36(22-24)31(39)21-25(34)20-23-13-15-26(16-14-23)38-29-11-4-5-12-30(29)42-33(38)40/h2-5,9-16,24-25H,6-8,17-22,34H2,1H3/t24-,25-/m1/s1. The zero-order valence-electron chi connectivity index (χ0n) is 23.9. The van der Waals surface area contributed by atoms with Crippen LogP contribution in [0, 0.1) is 0 Å². The summed E-state index contributed by atoms with van der Waals surface area (Å²) in [7, 11) is 1.72. The predicted molar refractivity (Wildman–Crippen MR) is 163 cm³/mol. The van der Waals surface area contributed by atoms with E-state index < -0.39 is 5.76 Å². The molecule has 5 aromatic rings. The van der Waals surface area contributed by atoms with Crippen LogP contribution in [0.4, 0.5) is 0 Å². The van der Waals surface area contributed by atoms with Crippen LogP contribution in [0.25, 0.3) is 27.8 Å². The molecule has 218 valence electrons. The molecule has 1 fully saturated rings. The molecule has 42 heavy (non-hydrogen) atoms. The van der Waals surface area contributed by atoms with E-state index in [9.17, 15) is 9.59 Å². The first-order valence-corrected chi connectivity index (χ1v) is 14.7. The summed E-state index contributed by atoms with van der Waals surface area (Å²) in [6, 6.07) is 23.0. The van der Waals surface area contributed by atoms with Gasteiger partial charge in [0.05, 0.1) is 22.2 Å². The fourth-order valence-corrected chi connectivity index (χ4v) is 6.14. The van der Waals surface area contributed by atoms with Gasteiger partial charge in [0, 0.05) is 51.7 Å². The monoisotopic (exact) mass is 567 g/mol. The molecule has 2 N–H and O–H groups in total. The summed E-state index contributed by atoms with van der Waals surface area (Å²) in [5.74, 6) is 0.904. The zero-order valence-corrected chi connectivity index (χ0v) is 23.9. The highest BCUT2D eigenvalue weighted by molar-refractivity contribution is 5.78. The maximum Gasteiger partial charge on any atom is 0.424 e. The van der Waals surface area contributed by atoms with Crippen LogP contribution in [0.15, 0.2) is 82.0 Å². The Morgan fingerprint density at radius 2 is 1.83 bits per heavy atom. The molecule has 3 heterocycles. The molecular formula is C33H37N5O4. The summed E-state index contributed by atoms with van der Waals surface area (Å²) in [6.07, 6.45) is 3.70. The number of methoxy groups -OCH3 is 1. The van der Waals surface area contributed by atoms with Crippen molar-refractivity contribution >= 4 is 28.0 Å². The first-order chi connectivity index (χ1) is 20.5. The van der Waals surface area contributed by atoms with E-state index in [0.29, 0.717) is 25.2 Å². The molecular weight excluding hydrogens is 530 g/mol. The molecule has 1 amide bonds. The minimum Gasteiger partial charge on any atom is -0.407 e. The molecule has 0 aliphatic carbocycles. The van der Waals surface area contributed by atoms with Gasteiger partial charge in [-0.2, -0.15) is 0 Å². The van der Waals surface area contributed by atoms with E-state index in [4.69, 9.17) is 19.9 Å². The van der Waals surface area contributed by atoms with Gasteiger partial charge in [0.1, 0.15) is 5.82 Å². The van der Waals surface area contributed by atoms with Crippen molar-refractivity contribution < 1.29 is 13.9 Å². The number of likely N-dealkylation sites (tertiary alicyclic amines) is 1. The Kier molecular flexibility index (Phi) is 8.21. The number of fused-ring (bicyclic) bond motifs is 2. The van der Waals surface area contributed by atoms with Crippen LogP contribution in [0.3, 0.4) is 0 Å². The van der Waals surface area contributed by atoms with Crippen molar-refractivity contribution in [2.24, 2.45) is 5.73 Å². The van der Waals surface area contributed by atoms with E-state index in [-0.39, 0.29) is 24.3 Å². The lowest BCUT2D eigenvalue weighted by molar-refractivity contribution is -0.132. The predicted octanol–water partition coefficient (Wildman–Crippen LogP) is 4.64. The van der Waals surface area contributed by atoms with Gasteiger partial charge in [0.15, 0.2) is 5.58 Å². The molecule has 0 saturated carbocycles. The molecule has 0 bridgehead atoms. The number of oxazole rings is 1. The van der Waals surface area contributed by atoms with Crippen LogP contribution in [-0.4, -0.2) is 57.8 Å². The molecule has 6 rings (SSSR count). The van der Waals surface area contributed by atoms with Gasteiger partial charge in [-0.15, -0.1) is 0 Å². The number of imidazole rings is 1. The van der Waals surface area contributed by atoms with E-state index in [1.54, 1.807) is 17.7 Å². The molecule has 0 radical (unpaired) electrons. The first kappa shape index (κ1) is 27.9. The fraction of sp³-hybridized carbons (Fsp3) is 0.364. The lowest BCUT2D eigenvalue weighted by Gasteiger charge is -2.33.